The van der Waals surface area contributed by atoms with E-state index < -0.39 is 23.1 Å². The molecule has 1 aliphatic heterocycles. The van der Waals surface area contributed by atoms with Gasteiger partial charge < -0.3 is 10.2 Å². The van der Waals surface area contributed by atoms with E-state index in [1.54, 1.807) is 34.1 Å². The smallest absolute Gasteiger partial charge is 0.320 e. The minimum absolute atomic E-state index is 0.124. The predicted molar refractivity (Wildman–Crippen MR) is 120 cm³/mol. The Kier molecular flexibility index (Phi) is 6.16. The fraction of sp³-hybridized carbons (Fsp3) is 0.200. The largest absolute Gasteiger partial charge is 0.325 e. The van der Waals surface area contributed by atoms with Crippen LogP contribution >= 0.6 is 0 Å². The lowest BCUT2D eigenvalue weighted by Crippen LogP contribution is -2.50. The monoisotopic (exact) mass is 435 g/mol. The van der Waals surface area contributed by atoms with Crippen molar-refractivity contribution in [2.45, 2.75) is 19.4 Å². The molecule has 1 atom stereocenters. The molecule has 1 heterocycles. The molecular formula is C25H23F2N3O2. The normalized spacial score (nSPS) is 14.9. The minimum Gasteiger partial charge on any atom is -0.320 e. The van der Waals surface area contributed by atoms with Crippen molar-refractivity contribution >= 4 is 23.3 Å². The fourth-order valence-electron chi connectivity index (χ4n) is 3.95. The molecule has 4 rings (SSSR count). The summed E-state index contributed by atoms with van der Waals surface area (Å²) in [6.45, 7) is 3.06. The highest BCUT2D eigenvalue weighted by Gasteiger charge is 2.32. The number of anilines is 2. The molecule has 0 spiro atoms. The number of carbonyl (C=O) groups is 2. The first-order chi connectivity index (χ1) is 15.5. The van der Waals surface area contributed by atoms with Gasteiger partial charge in [-0.1, -0.05) is 48.5 Å². The Balaban J connectivity index is 1.60. The molecule has 0 bridgehead atoms. The van der Waals surface area contributed by atoms with E-state index in [9.17, 15) is 18.4 Å². The summed E-state index contributed by atoms with van der Waals surface area (Å²) in [7, 11) is 0. The van der Waals surface area contributed by atoms with Gasteiger partial charge in [0.25, 0.3) is 5.91 Å². The summed E-state index contributed by atoms with van der Waals surface area (Å²) in [5, 5.41) is 2.57. The molecule has 1 fully saturated rings. The third kappa shape index (κ3) is 4.19. The molecule has 3 aromatic rings. The average Bonchev–Trinajstić information content (AvgIpc) is 2.80. The number of rotatable bonds is 5. The summed E-state index contributed by atoms with van der Waals surface area (Å²) in [5.41, 5.74) is 1.15. The highest BCUT2D eigenvalue weighted by Crippen LogP contribution is 2.32. The van der Waals surface area contributed by atoms with E-state index in [1.807, 2.05) is 37.3 Å². The van der Waals surface area contributed by atoms with Crippen LogP contribution in [0.4, 0.5) is 25.0 Å². The van der Waals surface area contributed by atoms with Crippen molar-refractivity contribution in [2.75, 3.05) is 23.3 Å². The molecule has 3 amide bonds. The number of nitrogens with zero attached hydrogens (tertiary/aromatic N) is 2. The van der Waals surface area contributed by atoms with Crippen LogP contribution in [0, 0.1) is 11.6 Å². The van der Waals surface area contributed by atoms with Crippen LogP contribution < -0.4 is 10.2 Å². The summed E-state index contributed by atoms with van der Waals surface area (Å²) in [5.74, 6) is -2.80. The number of amides is 3. The van der Waals surface area contributed by atoms with Gasteiger partial charge in [0.05, 0.1) is 17.4 Å². The standard InChI is InChI=1S/C25H23F2N3O2/c1-17(18-9-3-2-4-10-18)29-15-8-16-30(25(29)32)22-14-6-5-13-21(22)28-24(31)23-19(26)11-7-12-20(23)27/h2-7,9-14,17H,8,15-16H2,1H3,(H,28,31). The molecule has 5 nitrogen and oxygen atoms in total. The minimum atomic E-state index is -0.947. The summed E-state index contributed by atoms with van der Waals surface area (Å²) in [6, 6.07) is 19.5. The zero-order valence-corrected chi connectivity index (χ0v) is 17.6. The first kappa shape index (κ1) is 21.5. The Hall–Kier alpha value is -3.74. The van der Waals surface area contributed by atoms with Gasteiger partial charge in [0.1, 0.15) is 17.2 Å². The van der Waals surface area contributed by atoms with Crippen LogP contribution in [0.3, 0.4) is 0 Å². The fourth-order valence-corrected chi connectivity index (χ4v) is 3.95. The molecule has 32 heavy (non-hydrogen) atoms. The van der Waals surface area contributed by atoms with Gasteiger partial charge in [-0.05, 0) is 43.2 Å². The molecule has 7 heteroatoms. The number of halogens is 2. The van der Waals surface area contributed by atoms with Crippen LogP contribution in [-0.2, 0) is 0 Å². The SMILES string of the molecule is CC(c1ccccc1)N1CCCN(c2ccccc2NC(=O)c2c(F)cccc2F)C1=O. The molecule has 1 aliphatic rings. The maximum atomic E-state index is 14.1. The average molecular weight is 435 g/mol. The van der Waals surface area contributed by atoms with Crippen molar-refractivity contribution in [1.29, 1.82) is 0 Å². The molecule has 164 valence electrons. The molecule has 0 radical (unpaired) electrons. The Bertz CT molecular complexity index is 1120. The van der Waals surface area contributed by atoms with Crippen LogP contribution in [-0.4, -0.2) is 29.9 Å². The van der Waals surface area contributed by atoms with Gasteiger partial charge in [-0.3, -0.25) is 9.69 Å². The van der Waals surface area contributed by atoms with Crippen molar-refractivity contribution in [1.82, 2.24) is 4.90 Å². The van der Waals surface area contributed by atoms with Gasteiger partial charge in [0.2, 0.25) is 0 Å². The third-order valence-electron chi connectivity index (χ3n) is 5.64. The van der Waals surface area contributed by atoms with Crippen molar-refractivity contribution in [2.24, 2.45) is 0 Å². The zero-order valence-electron chi connectivity index (χ0n) is 17.6. The maximum Gasteiger partial charge on any atom is 0.325 e. The summed E-state index contributed by atoms with van der Waals surface area (Å²) in [4.78, 5) is 29.4. The zero-order chi connectivity index (χ0) is 22.7. The van der Waals surface area contributed by atoms with Gasteiger partial charge in [-0.25, -0.2) is 13.6 Å². The third-order valence-corrected chi connectivity index (χ3v) is 5.64. The molecule has 3 aromatic carbocycles. The van der Waals surface area contributed by atoms with E-state index in [4.69, 9.17) is 0 Å². The van der Waals surface area contributed by atoms with E-state index in [0.29, 0.717) is 24.5 Å². The second kappa shape index (κ2) is 9.18. The van der Waals surface area contributed by atoms with Gasteiger partial charge in [-0.2, -0.15) is 0 Å². The Morgan fingerprint density at radius 2 is 1.56 bits per heavy atom. The quantitative estimate of drug-likeness (QED) is 0.566. The number of hydrogen-bond donors (Lipinski definition) is 1. The van der Waals surface area contributed by atoms with Crippen molar-refractivity contribution in [3.63, 3.8) is 0 Å². The number of nitrogens with one attached hydrogen (secondary N) is 1. The number of carbonyl (C=O) groups excluding carboxylic acids is 2. The molecule has 1 N–H and O–H groups in total. The van der Waals surface area contributed by atoms with E-state index in [-0.39, 0.29) is 12.1 Å². The van der Waals surface area contributed by atoms with Crippen LogP contribution in [0.5, 0.6) is 0 Å². The number of urea groups is 1. The summed E-state index contributed by atoms with van der Waals surface area (Å²) >= 11 is 0. The highest BCUT2D eigenvalue weighted by atomic mass is 19.1. The maximum absolute atomic E-state index is 14.1. The van der Waals surface area contributed by atoms with Crippen molar-refractivity contribution < 1.29 is 18.4 Å². The topological polar surface area (TPSA) is 52.6 Å². The second-order valence-corrected chi connectivity index (χ2v) is 7.64. The van der Waals surface area contributed by atoms with Crippen LogP contribution in [0.15, 0.2) is 72.8 Å². The molecule has 1 saturated heterocycles. The molecule has 0 aromatic heterocycles. The van der Waals surface area contributed by atoms with Gasteiger partial charge in [-0.15, -0.1) is 0 Å². The lowest BCUT2D eigenvalue weighted by atomic mass is 10.1. The molecule has 0 aliphatic carbocycles. The first-order valence-corrected chi connectivity index (χ1v) is 10.4. The Morgan fingerprint density at radius 1 is 0.906 bits per heavy atom. The first-order valence-electron chi connectivity index (χ1n) is 10.4. The van der Waals surface area contributed by atoms with E-state index >= 15 is 0 Å². The number of hydrogen-bond acceptors (Lipinski definition) is 2. The lowest BCUT2D eigenvalue weighted by molar-refractivity contribution is 0.101. The summed E-state index contributed by atoms with van der Waals surface area (Å²) in [6.07, 6.45) is 0.743. The van der Waals surface area contributed by atoms with Gasteiger partial charge in [0.15, 0.2) is 0 Å². The highest BCUT2D eigenvalue weighted by molar-refractivity contribution is 6.08. The van der Waals surface area contributed by atoms with Crippen molar-refractivity contribution in [3.8, 4) is 0 Å². The Morgan fingerprint density at radius 3 is 2.28 bits per heavy atom. The number of para-hydroxylation sites is 2. The summed E-state index contributed by atoms with van der Waals surface area (Å²) < 4.78 is 28.1. The number of benzene rings is 3. The van der Waals surface area contributed by atoms with Crippen LogP contribution in [0.25, 0.3) is 0 Å². The van der Waals surface area contributed by atoms with Crippen LogP contribution in [0.2, 0.25) is 0 Å². The van der Waals surface area contributed by atoms with E-state index in [1.165, 1.54) is 6.07 Å². The van der Waals surface area contributed by atoms with Gasteiger partial charge >= 0.3 is 6.03 Å². The predicted octanol–water partition coefficient (Wildman–Crippen LogP) is 5.61. The van der Waals surface area contributed by atoms with Crippen molar-refractivity contribution in [3.05, 3.63) is 95.6 Å². The van der Waals surface area contributed by atoms with E-state index in [2.05, 4.69) is 5.32 Å². The Labute approximate surface area is 185 Å². The molecule has 0 saturated carbocycles. The van der Waals surface area contributed by atoms with Gasteiger partial charge in [0, 0.05) is 13.1 Å². The van der Waals surface area contributed by atoms with Crippen LogP contribution in [0.1, 0.15) is 35.3 Å². The molecule has 1 unspecified atom stereocenters. The second-order valence-electron chi connectivity index (χ2n) is 7.64. The van der Waals surface area contributed by atoms with E-state index in [0.717, 1.165) is 24.1 Å². The molecular weight excluding hydrogens is 412 g/mol. The lowest BCUT2D eigenvalue weighted by Gasteiger charge is -2.39.